The Hall–Kier alpha value is -3.05. The maximum absolute atomic E-state index is 14.0. The van der Waals surface area contributed by atoms with Crippen molar-refractivity contribution in [2.24, 2.45) is 5.92 Å². The lowest BCUT2D eigenvalue weighted by Crippen LogP contribution is -2.40. The summed E-state index contributed by atoms with van der Waals surface area (Å²) in [7, 11) is 0. The average molecular weight is 510 g/mol. The van der Waals surface area contributed by atoms with E-state index < -0.39 is 35.3 Å². The minimum atomic E-state index is -0.945. The SMILES string of the molecule is O=C(NC1CCC(C(=O)Nc2c(F)cc(F)cc2Cl)CC1)c1nc[nH]c1C(=O)NC[C@@H]1CCCO1. The second-order valence-electron chi connectivity index (χ2n) is 8.73. The molecule has 9 nitrogen and oxygen atoms in total. The van der Waals surface area contributed by atoms with Gasteiger partial charge in [0, 0.05) is 31.2 Å². The van der Waals surface area contributed by atoms with Crippen LogP contribution in [0.1, 0.15) is 59.5 Å². The van der Waals surface area contributed by atoms with Crippen LogP contribution in [-0.4, -0.2) is 53.0 Å². The number of carbonyl (C=O) groups excluding carboxylic acids is 3. The van der Waals surface area contributed by atoms with E-state index in [1.165, 1.54) is 6.33 Å². The quantitative estimate of drug-likeness (QED) is 0.456. The van der Waals surface area contributed by atoms with Crippen LogP contribution in [0.5, 0.6) is 0 Å². The van der Waals surface area contributed by atoms with Crippen molar-refractivity contribution in [2.75, 3.05) is 18.5 Å². The van der Waals surface area contributed by atoms with E-state index in [2.05, 4.69) is 25.9 Å². The molecule has 1 atom stereocenters. The number of nitrogens with zero attached hydrogens (tertiary/aromatic N) is 1. The predicted molar refractivity (Wildman–Crippen MR) is 123 cm³/mol. The highest BCUT2D eigenvalue weighted by Crippen LogP contribution is 2.30. The van der Waals surface area contributed by atoms with Gasteiger partial charge in [0.1, 0.15) is 11.5 Å². The van der Waals surface area contributed by atoms with Crippen molar-refractivity contribution in [2.45, 2.75) is 50.7 Å². The van der Waals surface area contributed by atoms with Crippen LogP contribution >= 0.6 is 11.6 Å². The number of anilines is 1. The third kappa shape index (κ3) is 6.15. The Morgan fingerprint density at radius 2 is 1.89 bits per heavy atom. The Bertz CT molecular complexity index is 1070. The minimum absolute atomic E-state index is 0.00358. The zero-order chi connectivity index (χ0) is 24.9. The van der Waals surface area contributed by atoms with E-state index in [1.807, 2.05) is 0 Å². The van der Waals surface area contributed by atoms with E-state index in [0.717, 1.165) is 18.9 Å². The number of imidazole rings is 1. The summed E-state index contributed by atoms with van der Waals surface area (Å²) in [5.74, 6) is -3.52. The standard InChI is InChI=1S/C23H26ClF2N5O4/c24-16-8-13(25)9-17(26)18(16)31-21(32)12-3-5-14(6-4-12)30-23(34)20-19(28-11-29-20)22(33)27-10-15-2-1-7-35-15/h8-9,11-12,14-15H,1-7,10H2,(H,27,33)(H,28,29)(H,30,34)(H,31,32)/t12?,14?,15-/m0/s1. The van der Waals surface area contributed by atoms with Crippen molar-refractivity contribution in [1.82, 2.24) is 20.6 Å². The van der Waals surface area contributed by atoms with E-state index in [0.29, 0.717) is 44.9 Å². The molecule has 2 heterocycles. The molecule has 0 spiro atoms. The van der Waals surface area contributed by atoms with Gasteiger partial charge in [-0.3, -0.25) is 14.4 Å². The lowest BCUT2D eigenvalue weighted by atomic mass is 9.85. The van der Waals surface area contributed by atoms with Gasteiger partial charge >= 0.3 is 0 Å². The molecule has 2 aromatic rings. The van der Waals surface area contributed by atoms with Gasteiger partial charge in [-0.1, -0.05) is 11.6 Å². The Kier molecular flexibility index (Phi) is 7.97. The second kappa shape index (κ2) is 11.1. The summed E-state index contributed by atoms with van der Waals surface area (Å²) < 4.78 is 32.7. The molecule has 1 aromatic heterocycles. The van der Waals surface area contributed by atoms with Crippen molar-refractivity contribution >= 4 is 35.0 Å². The van der Waals surface area contributed by atoms with Crippen molar-refractivity contribution in [3.63, 3.8) is 0 Å². The molecule has 3 amide bonds. The van der Waals surface area contributed by atoms with Crippen LogP contribution in [0.2, 0.25) is 5.02 Å². The average Bonchev–Trinajstić information content (AvgIpc) is 3.52. The number of rotatable bonds is 7. The van der Waals surface area contributed by atoms with Gasteiger partial charge in [0.25, 0.3) is 11.8 Å². The molecular weight excluding hydrogens is 484 g/mol. The van der Waals surface area contributed by atoms with E-state index in [-0.39, 0.29) is 34.2 Å². The number of hydrogen-bond acceptors (Lipinski definition) is 5. The largest absolute Gasteiger partial charge is 0.376 e. The van der Waals surface area contributed by atoms with Gasteiger partial charge in [0.15, 0.2) is 11.5 Å². The number of aromatic nitrogens is 2. The summed E-state index contributed by atoms with van der Waals surface area (Å²) in [4.78, 5) is 44.5. The molecular formula is C23H26ClF2N5O4. The van der Waals surface area contributed by atoms with E-state index in [4.69, 9.17) is 16.3 Å². The number of aromatic amines is 1. The molecule has 1 saturated carbocycles. The number of nitrogens with one attached hydrogen (secondary N) is 4. The molecule has 0 unspecified atom stereocenters. The molecule has 1 saturated heterocycles. The van der Waals surface area contributed by atoms with Gasteiger partial charge in [0.05, 0.1) is 23.1 Å². The molecule has 188 valence electrons. The third-order valence-electron chi connectivity index (χ3n) is 6.28. The van der Waals surface area contributed by atoms with Gasteiger partial charge in [-0.25, -0.2) is 13.8 Å². The Labute approximate surface area is 205 Å². The van der Waals surface area contributed by atoms with Crippen molar-refractivity contribution in [3.8, 4) is 0 Å². The third-order valence-corrected chi connectivity index (χ3v) is 6.58. The number of amides is 3. The molecule has 4 rings (SSSR count). The molecule has 35 heavy (non-hydrogen) atoms. The van der Waals surface area contributed by atoms with Crippen LogP contribution < -0.4 is 16.0 Å². The highest BCUT2D eigenvalue weighted by atomic mass is 35.5. The van der Waals surface area contributed by atoms with E-state index in [1.54, 1.807) is 0 Å². The number of carbonyl (C=O) groups is 3. The molecule has 1 aliphatic carbocycles. The maximum atomic E-state index is 14.0. The zero-order valence-corrected chi connectivity index (χ0v) is 19.6. The molecule has 2 aliphatic rings. The van der Waals surface area contributed by atoms with Crippen LogP contribution in [0.4, 0.5) is 14.5 Å². The first-order chi connectivity index (χ1) is 16.8. The number of H-pyrrole nitrogens is 1. The van der Waals surface area contributed by atoms with Gasteiger partial charge in [-0.2, -0.15) is 0 Å². The lowest BCUT2D eigenvalue weighted by Gasteiger charge is -2.28. The summed E-state index contributed by atoms with van der Waals surface area (Å²) in [6.07, 6.45) is 5.02. The van der Waals surface area contributed by atoms with Crippen LogP contribution in [0.25, 0.3) is 0 Å². The van der Waals surface area contributed by atoms with Crippen molar-refractivity contribution in [1.29, 1.82) is 0 Å². The van der Waals surface area contributed by atoms with E-state index in [9.17, 15) is 23.2 Å². The molecule has 1 aromatic carbocycles. The second-order valence-corrected chi connectivity index (χ2v) is 9.13. The first-order valence-electron chi connectivity index (χ1n) is 11.5. The molecule has 0 radical (unpaired) electrons. The van der Waals surface area contributed by atoms with Gasteiger partial charge < -0.3 is 25.7 Å². The summed E-state index contributed by atoms with van der Waals surface area (Å²) in [5.41, 5.74) is -0.180. The summed E-state index contributed by atoms with van der Waals surface area (Å²) >= 11 is 5.85. The fourth-order valence-corrected chi connectivity index (χ4v) is 4.62. The van der Waals surface area contributed by atoms with Gasteiger partial charge in [0.2, 0.25) is 5.91 Å². The number of ether oxygens (including phenoxy) is 1. The fourth-order valence-electron chi connectivity index (χ4n) is 4.38. The molecule has 2 fully saturated rings. The summed E-state index contributed by atoms with van der Waals surface area (Å²) in [6.45, 7) is 1.04. The highest BCUT2D eigenvalue weighted by molar-refractivity contribution is 6.33. The van der Waals surface area contributed by atoms with Crippen molar-refractivity contribution < 1.29 is 27.9 Å². The Morgan fingerprint density at radius 1 is 1.11 bits per heavy atom. The normalized spacial score (nSPS) is 22.0. The Morgan fingerprint density at radius 3 is 2.57 bits per heavy atom. The smallest absolute Gasteiger partial charge is 0.272 e. The van der Waals surface area contributed by atoms with Gasteiger partial charge in [-0.15, -0.1) is 0 Å². The molecule has 12 heteroatoms. The van der Waals surface area contributed by atoms with Crippen LogP contribution in [0, 0.1) is 17.6 Å². The topological polar surface area (TPSA) is 125 Å². The maximum Gasteiger partial charge on any atom is 0.272 e. The molecule has 1 aliphatic heterocycles. The summed E-state index contributed by atoms with van der Waals surface area (Å²) in [5, 5.41) is 7.85. The fraction of sp³-hybridized carbons (Fsp3) is 0.478. The predicted octanol–water partition coefficient (Wildman–Crippen LogP) is 3.18. The molecule has 4 N–H and O–H groups in total. The Balaban J connectivity index is 1.27. The van der Waals surface area contributed by atoms with Gasteiger partial charge in [-0.05, 0) is 44.6 Å². The number of hydrogen-bond donors (Lipinski definition) is 4. The first-order valence-corrected chi connectivity index (χ1v) is 11.9. The lowest BCUT2D eigenvalue weighted by molar-refractivity contribution is -0.120. The number of halogens is 3. The van der Waals surface area contributed by atoms with Crippen molar-refractivity contribution in [3.05, 3.63) is 46.5 Å². The minimum Gasteiger partial charge on any atom is -0.376 e. The van der Waals surface area contributed by atoms with E-state index >= 15 is 0 Å². The summed E-state index contributed by atoms with van der Waals surface area (Å²) in [6, 6.07) is 1.37. The van der Waals surface area contributed by atoms with Crippen LogP contribution in [0.3, 0.4) is 0 Å². The monoisotopic (exact) mass is 509 g/mol. The highest BCUT2D eigenvalue weighted by Gasteiger charge is 2.30. The zero-order valence-electron chi connectivity index (χ0n) is 18.8. The number of benzene rings is 1. The molecule has 0 bridgehead atoms. The van der Waals surface area contributed by atoms with Crippen LogP contribution in [-0.2, 0) is 9.53 Å². The van der Waals surface area contributed by atoms with Crippen LogP contribution in [0.15, 0.2) is 18.5 Å². The first kappa shape index (κ1) is 25.1.